The number of hydrogen-bond donors (Lipinski definition) is 1. The van der Waals surface area contributed by atoms with Crippen LogP contribution in [-0.4, -0.2) is 23.0 Å². The van der Waals surface area contributed by atoms with E-state index in [4.69, 9.17) is 11.6 Å². The van der Waals surface area contributed by atoms with Crippen LogP contribution in [0.25, 0.3) is 5.82 Å². The smallest absolute Gasteiger partial charge is 0.262 e. The second-order valence-electron chi connectivity index (χ2n) is 7.33. The van der Waals surface area contributed by atoms with E-state index in [-0.39, 0.29) is 16.0 Å². The maximum atomic E-state index is 12.9. The third kappa shape index (κ3) is 4.31. The highest BCUT2D eigenvalue weighted by molar-refractivity contribution is 7.92. The number of anilines is 1. The molecule has 3 aromatic rings. The number of halogens is 1. The summed E-state index contributed by atoms with van der Waals surface area (Å²) in [5.41, 5.74) is 2.07. The van der Waals surface area contributed by atoms with Crippen molar-refractivity contribution in [2.24, 2.45) is 0 Å². The summed E-state index contributed by atoms with van der Waals surface area (Å²) < 4.78 is 29.9. The van der Waals surface area contributed by atoms with Crippen molar-refractivity contribution in [3.8, 4) is 5.82 Å². The summed E-state index contributed by atoms with van der Waals surface area (Å²) in [6, 6.07) is 8.37. The molecule has 0 spiro atoms. The molecule has 0 unspecified atom stereocenters. The predicted octanol–water partition coefficient (Wildman–Crippen LogP) is 4.33. The number of rotatable bonds is 4. The van der Waals surface area contributed by atoms with Gasteiger partial charge < -0.3 is 0 Å². The van der Waals surface area contributed by atoms with E-state index in [1.54, 1.807) is 29.2 Å². The Morgan fingerprint density at radius 2 is 1.78 bits per heavy atom. The Balaban J connectivity index is 1.98. The molecule has 142 valence electrons. The summed E-state index contributed by atoms with van der Waals surface area (Å²) in [4.78, 5) is 8.58. The number of nitrogens with zero attached hydrogens (tertiary/aromatic N) is 3. The molecule has 27 heavy (non-hydrogen) atoms. The standard InChI is InChI=1S/C19H21ClN4O2S/c1-13-11-24(12-22-13)18-17(9-15(20)10-21-18)23-27(25,26)16-7-5-14(6-8-16)19(2,3)4/h5-12,23H,1-4H3. The topological polar surface area (TPSA) is 76.9 Å². The van der Waals surface area contributed by atoms with Crippen LogP contribution in [0.4, 0.5) is 5.69 Å². The first-order chi connectivity index (χ1) is 12.6. The van der Waals surface area contributed by atoms with Crippen LogP contribution >= 0.6 is 11.6 Å². The molecule has 1 aromatic carbocycles. The first kappa shape index (κ1) is 19.4. The van der Waals surface area contributed by atoms with Crippen molar-refractivity contribution in [1.29, 1.82) is 0 Å². The van der Waals surface area contributed by atoms with Crippen LogP contribution in [0.15, 0.2) is 53.9 Å². The third-order valence-corrected chi connectivity index (χ3v) is 5.65. The fourth-order valence-corrected chi connectivity index (χ4v) is 3.80. The van der Waals surface area contributed by atoms with Crippen LogP contribution < -0.4 is 4.72 Å². The minimum atomic E-state index is -3.80. The summed E-state index contributed by atoms with van der Waals surface area (Å²) in [6.45, 7) is 8.07. The van der Waals surface area contributed by atoms with Gasteiger partial charge in [0.25, 0.3) is 10.0 Å². The van der Waals surface area contributed by atoms with Crippen LogP contribution in [0.3, 0.4) is 0 Å². The summed E-state index contributed by atoms with van der Waals surface area (Å²) >= 11 is 6.03. The number of pyridine rings is 1. The van der Waals surface area contributed by atoms with Crippen molar-refractivity contribution < 1.29 is 8.42 Å². The highest BCUT2D eigenvalue weighted by Gasteiger charge is 2.20. The zero-order valence-corrected chi connectivity index (χ0v) is 17.1. The van der Waals surface area contributed by atoms with Crippen molar-refractivity contribution in [3.05, 3.63) is 65.3 Å². The van der Waals surface area contributed by atoms with Crippen LogP contribution in [0.2, 0.25) is 5.02 Å². The van der Waals surface area contributed by atoms with E-state index in [9.17, 15) is 8.42 Å². The van der Waals surface area contributed by atoms with Crippen molar-refractivity contribution in [2.75, 3.05) is 4.72 Å². The SMILES string of the molecule is Cc1cn(-c2ncc(Cl)cc2NS(=O)(=O)c2ccc(C(C)(C)C)cc2)cn1. The first-order valence-corrected chi connectivity index (χ1v) is 10.2. The van der Waals surface area contributed by atoms with Crippen LogP contribution in [0.1, 0.15) is 32.0 Å². The Labute approximate surface area is 164 Å². The second kappa shape index (κ2) is 6.98. The van der Waals surface area contributed by atoms with Gasteiger partial charge in [-0.05, 0) is 36.1 Å². The van der Waals surface area contributed by atoms with E-state index in [1.165, 1.54) is 12.3 Å². The lowest BCUT2D eigenvalue weighted by Gasteiger charge is -2.19. The van der Waals surface area contributed by atoms with Gasteiger partial charge in [0.15, 0.2) is 5.82 Å². The van der Waals surface area contributed by atoms with E-state index in [0.29, 0.717) is 10.8 Å². The average molecular weight is 405 g/mol. The summed E-state index contributed by atoms with van der Waals surface area (Å²) in [6.07, 6.45) is 4.79. The molecule has 0 radical (unpaired) electrons. The minimum Gasteiger partial charge on any atom is -0.288 e. The van der Waals surface area contributed by atoms with E-state index in [0.717, 1.165) is 11.3 Å². The second-order valence-corrected chi connectivity index (χ2v) is 9.45. The van der Waals surface area contributed by atoms with Gasteiger partial charge in [-0.15, -0.1) is 0 Å². The predicted molar refractivity (Wildman–Crippen MR) is 107 cm³/mol. The number of aromatic nitrogens is 3. The van der Waals surface area contributed by atoms with Gasteiger partial charge in [0.2, 0.25) is 0 Å². The molecule has 0 atom stereocenters. The molecule has 0 aliphatic carbocycles. The Morgan fingerprint density at radius 3 is 2.33 bits per heavy atom. The molecular weight excluding hydrogens is 384 g/mol. The number of benzene rings is 1. The molecule has 2 aromatic heterocycles. The largest absolute Gasteiger partial charge is 0.288 e. The molecule has 0 saturated heterocycles. The van der Waals surface area contributed by atoms with E-state index in [1.807, 2.05) is 19.1 Å². The normalized spacial score (nSPS) is 12.2. The molecule has 2 heterocycles. The molecule has 8 heteroatoms. The molecule has 0 amide bonds. The van der Waals surface area contributed by atoms with Crippen molar-refractivity contribution >= 4 is 27.3 Å². The third-order valence-electron chi connectivity index (χ3n) is 4.06. The molecule has 0 aliphatic rings. The Bertz CT molecular complexity index is 1070. The summed E-state index contributed by atoms with van der Waals surface area (Å²) in [5, 5.41) is 0.330. The number of imidazole rings is 1. The number of hydrogen-bond acceptors (Lipinski definition) is 4. The first-order valence-electron chi connectivity index (χ1n) is 8.36. The number of sulfonamides is 1. The molecular formula is C19H21ClN4O2S. The summed E-state index contributed by atoms with van der Waals surface area (Å²) in [5.74, 6) is 0.398. The quantitative estimate of drug-likeness (QED) is 0.702. The van der Waals surface area contributed by atoms with Gasteiger partial charge >= 0.3 is 0 Å². The molecule has 1 N–H and O–H groups in total. The molecule has 0 bridgehead atoms. The summed E-state index contributed by atoms with van der Waals surface area (Å²) in [7, 11) is -3.80. The minimum absolute atomic E-state index is 0.0565. The lowest BCUT2D eigenvalue weighted by atomic mass is 9.87. The van der Waals surface area contributed by atoms with Gasteiger partial charge in [0, 0.05) is 12.4 Å². The van der Waals surface area contributed by atoms with Crippen LogP contribution in [-0.2, 0) is 15.4 Å². The van der Waals surface area contributed by atoms with Crippen LogP contribution in [0, 0.1) is 6.92 Å². The molecule has 0 saturated carbocycles. The van der Waals surface area contributed by atoms with Gasteiger partial charge in [0.1, 0.15) is 6.33 Å². The average Bonchev–Trinajstić information content (AvgIpc) is 3.00. The van der Waals surface area contributed by atoms with Gasteiger partial charge in [0.05, 0.1) is 21.3 Å². The Morgan fingerprint density at radius 1 is 1.11 bits per heavy atom. The molecule has 0 aliphatic heterocycles. The van der Waals surface area contributed by atoms with E-state index < -0.39 is 10.0 Å². The molecule has 6 nitrogen and oxygen atoms in total. The lowest BCUT2D eigenvalue weighted by molar-refractivity contribution is 0.587. The van der Waals surface area contributed by atoms with Crippen molar-refractivity contribution in [3.63, 3.8) is 0 Å². The number of aryl methyl sites for hydroxylation is 1. The Hall–Kier alpha value is -2.38. The van der Waals surface area contributed by atoms with Crippen molar-refractivity contribution in [2.45, 2.75) is 38.0 Å². The maximum absolute atomic E-state index is 12.9. The zero-order valence-electron chi connectivity index (χ0n) is 15.6. The highest BCUT2D eigenvalue weighted by atomic mass is 35.5. The number of nitrogens with one attached hydrogen (secondary N) is 1. The zero-order chi connectivity index (χ0) is 19.8. The van der Waals surface area contributed by atoms with Gasteiger partial charge in [-0.25, -0.2) is 18.4 Å². The maximum Gasteiger partial charge on any atom is 0.262 e. The molecule has 3 rings (SSSR count). The highest BCUT2D eigenvalue weighted by Crippen LogP contribution is 2.27. The van der Waals surface area contributed by atoms with Gasteiger partial charge in [-0.3, -0.25) is 9.29 Å². The van der Waals surface area contributed by atoms with Gasteiger partial charge in [-0.1, -0.05) is 44.5 Å². The fraction of sp³-hybridized carbons (Fsp3) is 0.263. The Kier molecular flexibility index (Phi) is 5.01. The van der Waals surface area contributed by atoms with Gasteiger partial charge in [-0.2, -0.15) is 0 Å². The molecule has 0 fully saturated rings. The monoisotopic (exact) mass is 404 g/mol. The van der Waals surface area contributed by atoms with E-state index >= 15 is 0 Å². The fourth-order valence-electron chi connectivity index (χ4n) is 2.59. The lowest BCUT2D eigenvalue weighted by Crippen LogP contribution is -2.16. The van der Waals surface area contributed by atoms with Crippen LogP contribution in [0.5, 0.6) is 0 Å². The van der Waals surface area contributed by atoms with E-state index in [2.05, 4.69) is 35.5 Å². The van der Waals surface area contributed by atoms with Crippen molar-refractivity contribution in [1.82, 2.24) is 14.5 Å².